The summed E-state index contributed by atoms with van der Waals surface area (Å²) < 4.78 is 11.5. The van der Waals surface area contributed by atoms with Gasteiger partial charge in [-0.25, -0.2) is 0 Å². The second kappa shape index (κ2) is 11.4. The molecule has 1 fully saturated rings. The highest BCUT2D eigenvalue weighted by Crippen LogP contribution is 2.24. The number of aromatic nitrogens is 1. The Hall–Kier alpha value is -2.47. The largest absolute Gasteiger partial charge is 0.488 e. The molecule has 2 unspecified atom stereocenters. The second-order valence-electron chi connectivity index (χ2n) is 8.69. The van der Waals surface area contributed by atoms with Crippen LogP contribution in [0.25, 0.3) is 10.8 Å². The minimum absolute atomic E-state index is 0.274. The molecule has 3 aromatic rings. The number of aliphatic hydroxyl groups excluding tert-OH is 1. The van der Waals surface area contributed by atoms with Crippen molar-refractivity contribution in [3.8, 4) is 5.75 Å². The number of aliphatic hydroxyl groups is 1. The Bertz CT molecular complexity index is 973. The van der Waals surface area contributed by atoms with Gasteiger partial charge in [0.1, 0.15) is 11.9 Å². The maximum absolute atomic E-state index is 10.5. The van der Waals surface area contributed by atoms with E-state index in [1.807, 2.05) is 31.3 Å². The van der Waals surface area contributed by atoms with E-state index in [1.54, 1.807) is 6.20 Å². The first-order valence-electron chi connectivity index (χ1n) is 11.7. The number of morpholine rings is 1. The van der Waals surface area contributed by atoms with Crippen molar-refractivity contribution in [2.75, 3.05) is 32.8 Å². The summed E-state index contributed by atoms with van der Waals surface area (Å²) in [6.07, 6.45) is 6.50. The van der Waals surface area contributed by atoms with Crippen LogP contribution in [-0.2, 0) is 17.6 Å². The highest BCUT2D eigenvalue weighted by atomic mass is 16.5. The van der Waals surface area contributed by atoms with Crippen LogP contribution >= 0.6 is 0 Å². The third-order valence-corrected chi connectivity index (χ3v) is 6.24. The second-order valence-corrected chi connectivity index (χ2v) is 8.69. The van der Waals surface area contributed by atoms with Crippen LogP contribution in [0, 0.1) is 0 Å². The quantitative estimate of drug-likeness (QED) is 0.517. The summed E-state index contributed by atoms with van der Waals surface area (Å²) in [5, 5.41) is 12.9. The summed E-state index contributed by atoms with van der Waals surface area (Å²) in [5.74, 6) is 0.797. The van der Waals surface area contributed by atoms with E-state index in [0.717, 1.165) is 62.4 Å². The number of benzene rings is 2. The molecule has 2 heterocycles. The number of rotatable bonds is 10. The third kappa shape index (κ3) is 6.52. The lowest BCUT2D eigenvalue weighted by atomic mass is 10.0. The van der Waals surface area contributed by atoms with E-state index in [1.165, 1.54) is 17.4 Å². The van der Waals surface area contributed by atoms with Gasteiger partial charge in [-0.1, -0.05) is 30.3 Å². The lowest BCUT2D eigenvalue weighted by molar-refractivity contribution is 0.0375. The molecule has 4 rings (SSSR count). The molecule has 0 saturated carbocycles. The molecule has 1 aliphatic heterocycles. The summed E-state index contributed by atoms with van der Waals surface area (Å²) in [7, 11) is 0. The van der Waals surface area contributed by atoms with Crippen molar-refractivity contribution in [1.82, 2.24) is 9.88 Å². The van der Waals surface area contributed by atoms with E-state index < -0.39 is 6.10 Å². The number of pyridine rings is 1. The molecule has 1 aliphatic rings. The van der Waals surface area contributed by atoms with Crippen LogP contribution in [0.2, 0.25) is 0 Å². The van der Waals surface area contributed by atoms with Crippen molar-refractivity contribution in [2.24, 2.45) is 0 Å². The number of ether oxygens (including phenoxy) is 2. The van der Waals surface area contributed by atoms with Crippen LogP contribution in [0.4, 0.5) is 0 Å². The molecule has 170 valence electrons. The van der Waals surface area contributed by atoms with E-state index in [-0.39, 0.29) is 6.10 Å². The van der Waals surface area contributed by atoms with Crippen molar-refractivity contribution in [2.45, 2.75) is 44.8 Å². The summed E-state index contributed by atoms with van der Waals surface area (Å²) in [5.41, 5.74) is 2.50. The van der Waals surface area contributed by atoms with Gasteiger partial charge in [0.05, 0.1) is 19.3 Å². The zero-order valence-electron chi connectivity index (χ0n) is 19.0. The minimum atomic E-state index is -0.528. The van der Waals surface area contributed by atoms with Crippen LogP contribution in [0.3, 0.4) is 0 Å². The maximum atomic E-state index is 10.5. The van der Waals surface area contributed by atoms with Gasteiger partial charge in [0.2, 0.25) is 0 Å². The topological polar surface area (TPSA) is 54.8 Å². The van der Waals surface area contributed by atoms with E-state index in [2.05, 4.69) is 40.2 Å². The molecule has 0 aliphatic carbocycles. The van der Waals surface area contributed by atoms with E-state index in [4.69, 9.17) is 9.47 Å². The van der Waals surface area contributed by atoms with Crippen molar-refractivity contribution < 1.29 is 14.6 Å². The summed E-state index contributed by atoms with van der Waals surface area (Å²) >= 11 is 0. The first kappa shape index (κ1) is 22.7. The fourth-order valence-corrected chi connectivity index (χ4v) is 4.22. The fourth-order valence-electron chi connectivity index (χ4n) is 4.22. The van der Waals surface area contributed by atoms with Gasteiger partial charge in [-0.15, -0.1) is 0 Å². The van der Waals surface area contributed by atoms with Gasteiger partial charge in [-0.3, -0.25) is 9.88 Å². The van der Waals surface area contributed by atoms with Crippen molar-refractivity contribution in [1.29, 1.82) is 0 Å². The molecule has 2 atom stereocenters. The van der Waals surface area contributed by atoms with Crippen molar-refractivity contribution >= 4 is 10.8 Å². The molecule has 5 nitrogen and oxygen atoms in total. The molecule has 1 saturated heterocycles. The monoisotopic (exact) mass is 434 g/mol. The number of aryl methyl sites for hydroxylation is 2. The summed E-state index contributed by atoms with van der Waals surface area (Å²) in [4.78, 5) is 6.62. The van der Waals surface area contributed by atoms with Gasteiger partial charge in [-0.05, 0) is 79.3 Å². The summed E-state index contributed by atoms with van der Waals surface area (Å²) in [6.45, 7) is 6.89. The van der Waals surface area contributed by atoms with Gasteiger partial charge in [0.25, 0.3) is 0 Å². The standard InChI is InChI=1S/C27H34N2O3/c1-21(27(30)11-7-23-4-2-12-28-20-23)32-26-10-9-24-18-22(6-8-25(24)19-26)5-3-13-29-14-16-31-17-15-29/h2,4,6,8-10,12,18-21,27,30H,3,5,7,11,13-17H2,1H3. The van der Waals surface area contributed by atoms with Crippen LogP contribution < -0.4 is 4.74 Å². The molecule has 32 heavy (non-hydrogen) atoms. The van der Waals surface area contributed by atoms with E-state index in [9.17, 15) is 5.11 Å². The SMILES string of the molecule is CC(Oc1ccc2cc(CCCN3CCOCC3)ccc2c1)C(O)CCc1cccnc1. The normalized spacial score (nSPS) is 16.7. The average molecular weight is 435 g/mol. The smallest absolute Gasteiger partial charge is 0.122 e. The third-order valence-electron chi connectivity index (χ3n) is 6.24. The number of fused-ring (bicyclic) bond motifs is 1. The Morgan fingerprint density at radius 2 is 1.84 bits per heavy atom. The Labute approximate surface area is 191 Å². The Morgan fingerprint density at radius 3 is 2.66 bits per heavy atom. The predicted molar refractivity (Wildman–Crippen MR) is 128 cm³/mol. The molecule has 5 heteroatoms. The maximum Gasteiger partial charge on any atom is 0.122 e. The van der Waals surface area contributed by atoms with Crippen LogP contribution in [-0.4, -0.2) is 60.0 Å². The van der Waals surface area contributed by atoms with Crippen LogP contribution in [0.15, 0.2) is 60.9 Å². The molecular weight excluding hydrogens is 400 g/mol. The van der Waals surface area contributed by atoms with Gasteiger partial charge in [0.15, 0.2) is 0 Å². The fraction of sp³-hybridized carbons (Fsp3) is 0.444. The predicted octanol–water partition coefficient (Wildman–Crippen LogP) is 4.26. The first-order valence-corrected chi connectivity index (χ1v) is 11.7. The zero-order valence-corrected chi connectivity index (χ0v) is 19.0. The van der Waals surface area contributed by atoms with Crippen LogP contribution in [0.5, 0.6) is 5.75 Å². The lowest BCUT2D eigenvalue weighted by Gasteiger charge is -2.26. The van der Waals surface area contributed by atoms with Gasteiger partial charge in [-0.2, -0.15) is 0 Å². The van der Waals surface area contributed by atoms with E-state index >= 15 is 0 Å². The van der Waals surface area contributed by atoms with Gasteiger partial charge < -0.3 is 14.6 Å². The molecule has 1 aromatic heterocycles. The zero-order chi connectivity index (χ0) is 22.2. The highest BCUT2D eigenvalue weighted by Gasteiger charge is 2.16. The summed E-state index contributed by atoms with van der Waals surface area (Å²) in [6, 6.07) is 16.8. The molecular formula is C27H34N2O3. The molecule has 2 aromatic carbocycles. The van der Waals surface area contributed by atoms with Crippen molar-refractivity contribution in [3.63, 3.8) is 0 Å². The first-order chi connectivity index (χ1) is 15.7. The van der Waals surface area contributed by atoms with E-state index in [0.29, 0.717) is 6.42 Å². The van der Waals surface area contributed by atoms with Crippen molar-refractivity contribution in [3.05, 3.63) is 72.1 Å². The number of hydrogen-bond donors (Lipinski definition) is 1. The molecule has 0 amide bonds. The van der Waals surface area contributed by atoms with Gasteiger partial charge >= 0.3 is 0 Å². The Balaban J connectivity index is 1.28. The average Bonchev–Trinajstić information content (AvgIpc) is 2.84. The Kier molecular flexibility index (Phi) is 8.10. The molecule has 0 radical (unpaired) electrons. The molecule has 0 spiro atoms. The molecule has 0 bridgehead atoms. The number of nitrogens with zero attached hydrogens (tertiary/aromatic N) is 2. The highest BCUT2D eigenvalue weighted by molar-refractivity contribution is 5.84. The van der Waals surface area contributed by atoms with Crippen LogP contribution in [0.1, 0.15) is 30.9 Å². The number of hydrogen-bond acceptors (Lipinski definition) is 5. The van der Waals surface area contributed by atoms with Gasteiger partial charge in [0, 0.05) is 25.5 Å². The lowest BCUT2D eigenvalue weighted by Crippen LogP contribution is -2.36. The Morgan fingerprint density at radius 1 is 1.03 bits per heavy atom. The minimum Gasteiger partial charge on any atom is -0.488 e. The molecule has 1 N–H and O–H groups in total.